The highest BCUT2D eigenvalue weighted by Crippen LogP contribution is 2.67. The molecule has 0 amide bonds. The lowest BCUT2D eigenvalue weighted by Crippen LogP contribution is -2.61. The first-order chi connectivity index (χ1) is 11.6. The number of aliphatic hydroxyl groups excluding tert-OH is 1. The predicted molar refractivity (Wildman–Crippen MR) is 93.8 cm³/mol. The normalized spacial score (nSPS) is 55.2. The van der Waals surface area contributed by atoms with Gasteiger partial charge in [0.15, 0.2) is 5.78 Å². The summed E-state index contributed by atoms with van der Waals surface area (Å²) >= 11 is 0. The van der Waals surface area contributed by atoms with E-state index in [4.69, 9.17) is 0 Å². The van der Waals surface area contributed by atoms with Crippen LogP contribution in [0.1, 0.15) is 72.1 Å². The van der Waals surface area contributed by atoms with Crippen LogP contribution in [0.3, 0.4) is 0 Å². The fraction of sp³-hybridized carbons (Fsp3) is 0.905. The van der Waals surface area contributed by atoms with E-state index in [2.05, 4.69) is 6.92 Å². The van der Waals surface area contributed by atoms with Gasteiger partial charge in [0.2, 0.25) is 0 Å². The number of carbonyl (C=O) groups excluding carboxylic acids is 2. The average molecular weight is 348 g/mol. The highest BCUT2D eigenvalue weighted by molar-refractivity contribution is 5.90. The predicted octanol–water partition coefficient (Wildman–Crippen LogP) is 2.89. The minimum Gasteiger partial charge on any atom is -0.393 e. The number of carbonyl (C=O) groups is 2. The van der Waals surface area contributed by atoms with Crippen LogP contribution in [0, 0.1) is 34.5 Å². The summed E-state index contributed by atoms with van der Waals surface area (Å²) in [6.07, 6.45) is 6.07. The first-order valence-electron chi connectivity index (χ1n) is 10.1. The molecule has 0 spiro atoms. The minimum atomic E-state index is -1.33. The van der Waals surface area contributed by atoms with E-state index >= 15 is 0 Å². The lowest BCUT2D eigenvalue weighted by molar-refractivity contribution is -0.178. The van der Waals surface area contributed by atoms with Crippen molar-refractivity contribution in [3.05, 3.63) is 0 Å². The van der Waals surface area contributed by atoms with Crippen molar-refractivity contribution in [1.29, 1.82) is 0 Å². The Bertz CT molecular complexity index is 615. The molecule has 0 aromatic rings. The minimum absolute atomic E-state index is 0.0164. The topological polar surface area (TPSA) is 74.6 Å². The number of aliphatic hydroxyl groups is 2. The third-order valence-electron chi connectivity index (χ3n) is 9.06. The Morgan fingerprint density at radius 3 is 2.52 bits per heavy atom. The highest BCUT2D eigenvalue weighted by Gasteiger charge is 2.68. The number of hydrogen-bond donors (Lipinski definition) is 2. The number of fused-ring (bicyclic) bond motifs is 5. The first-order valence-corrected chi connectivity index (χ1v) is 10.1. The van der Waals surface area contributed by atoms with Gasteiger partial charge in [0.25, 0.3) is 0 Å². The van der Waals surface area contributed by atoms with E-state index in [9.17, 15) is 19.8 Å². The fourth-order valence-electron chi connectivity index (χ4n) is 7.63. The molecule has 0 saturated heterocycles. The smallest absolute Gasteiger partial charge is 0.161 e. The van der Waals surface area contributed by atoms with Crippen molar-refractivity contribution in [2.75, 3.05) is 0 Å². The molecule has 0 aliphatic heterocycles. The lowest BCUT2D eigenvalue weighted by Gasteiger charge is -2.60. The van der Waals surface area contributed by atoms with Crippen molar-refractivity contribution in [2.24, 2.45) is 34.5 Å². The number of ketones is 2. The first kappa shape index (κ1) is 17.7. The summed E-state index contributed by atoms with van der Waals surface area (Å²) < 4.78 is 0. The Balaban J connectivity index is 1.71. The Hall–Kier alpha value is -0.740. The summed E-state index contributed by atoms with van der Waals surface area (Å²) in [5.41, 5.74) is -1.95. The van der Waals surface area contributed by atoms with Crippen LogP contribution < -0.4 is 0 Å². The van der Waals surface area contributed by atoms with Crippen LogP contribution in [0.2, 0.25) is 0 Å². The second-order valence-electron chi connectivity index (χ2n) is 9.97. The van der Waals surface area contributed by atoms with Gasteiger partial charge in [-0.3, -0.25) is 9.59 Å². The Morgan fingerprint density at radius 2 is 1.84 bits per heavy atom. The molecule has 4 rings (SSSR count). The second-order valence-corrected chi connectivity index (χ2v) is 9.97. The van der Waals surface area contributed by atoms with Gasteiger partial charge in [-0.1, -0.05) is 13.8 Å². The molecule has 4 nitrogen and oxygen atoms in total. The average Bonchev–Trinajstić information content (AvgIpc) is 2.80. The van der Waals surface area contributed by atoms with Crippen molar-refractivity contribution < 1.29 is 19.8 Å². The van der Waals surface area contributed by atoms with Crippen molar-refractivity contribution in [3.8, 4) is 0 Å². The molecule has 2 N–H and O–H groups in total. The van der Waals surface area contributed by atoms with Crippen molar-refractivity contribution >= 4 is 11.6 Å². The molecule has 0 aromatic heterocycles. The second kappa shape index (κ2) is 5.39. The quantitative estimate of drug-likeness (QED) is 0.764. The molecule has 0 radical (unpaired) electrons. The molecule has 4 fully saturated rings. The molecule has 1 unspecified atom stereocenters. The lowest BCUT2D eigenvalue weighted by atomic mass is 9.44. The molecule has 4 aliphatic rings. The Labute approximate surface area is 150 Å². The van der Waals surface area contributed by atoms with Crippen molar-refractivity contribution in [1.82, 2.24) is 0 Å². The molecule has 140 valence electrons. The van der Waals surface area contributed by atoms with E-state index in [1.807, 2.05) is 6.92 Å². The monoisotopic (exact) mass is 348 g/mol. The largest absolute Gasteiger partial charge is 0.393 e. The standard InChI is InChI=1S/C21H32O4/c1-12(22)21(25)9-7-16-15-5-4-13-10-14(23)6-8-19(13,2)18(15)17(24)11-20(16,21)3/h13-16,18,23,25H,4-11H2,1-3H3/t13-,14+,15-,16?,18-,19-,20-,21-/m0/s1. The number of rotatable bonds is 1. The van der Waals surface area contributed by atoms with Crippen LogP contribution >= 0.6 is 0 Å². The van der Waals surface area contributed by atoms with E-state index in [1.54, 1.807) is 0 Å². The molecular weight excluding hydrogens is 316 g/mol. The highest BCUT2D eigenvalue weighted by atomic mass is 16.3. The van der Waals surface area contributed by atoms with Crippen LogP contribution in [-0.4, -0.2) is 33.5 Å². The molecule has 4 saturated carbocycles. The van der Waals surface area contributed by atoms with Crippen LogP contribution in [0.5, 0.6) is 0 Å². The third kappa shape index (κ3) is 2.13. The van der Waals surface area contributed by atoms with Gasteiger partial charge in [0, 0.05) is 17.8 Å². The third-order valence-corrected chi connectivity index (χ3v) is 9.06. The van der Waals surface area contributed by atoms with E-state index < -0.39 is 11.0 Å². The van der Waals surface area contributed by atoms with E-state index in [-0.39, 0.29) is 40.8 Å². The number of Topliss-reactive ketones (excluding diaryl/α,β-unsaturated/α-hetero) is 2. The zero-order valence-corrected chi connectivity index (χ0v) is 15.8. The van der Waals surface area contributed by atoms with Gasteiger partial charge in [-0.05, 0) is 75.0 Å². The van der Waals surface area contributed by atoms with Crippen LogP contribution in [0.4, 0.5) is 0 Å². The maximum absolute atomic E-state index is 13.3. The van der Waals surface area contributed by atoms with Gasteiger partial charge in [0.1, 0.15) is 11.4 Å². The number of hydrogen-bond acceptors (Lipinski definition) is 4. The molecule has 0 heterocycles. The summed E-state index contributed by atoms with van der Waals surface area (Å²) in [4.78, 5) is 25.6. The molecule has 0 bridgehead atoms. The van der Waals surface area contributed by atoms with E-state index in [0.717, 1.165) is 38.5 Å². The molecule has 0 aromatic carbocycles. The maximum Gasteiger partial charge on any atom is 0.161 e. The Morgan fingerprint density at radius 1 is 1.12 bits per heavy atom. The van der Waals surface area contributed by atoms with Crippen LogP contribution in [0.25, 0.3) is 0 Å². The van der Waals surface area contributed by atoms with Crippen molar-refractivity contribution in [3.63, 3.8) is 0 Å². The summed E-state index contributed by atoms with van der Waals surface area (Å²) in [5, 5.41) is 21.2. The fourth-order valence-corrected chi connectivity index (χ4v) is 7.63. The zero-order valence-electron chi connectivity index (χ0n) is 15.8. The van der Waals surface area contributed by atoms with Gasteiger partial charge in [-0.25, -0.2) is 0 Å². The van der Waals surface area contributed by atoms with Gasteiger partial charge >= 0.3 is 0 Å². The van der Waals surface area contributed by atoms with Gasteiger partial charge < -0.3 is 10.2 Å². The summed E-state index contributed by atoms with van der Waals surface area (Å²) in [5.74, 6) is 1.10. The van der Waals surface area contributed by atoms with Gasteiger partial charge in [0.05, 0.1) is 6.10 Å². The molecular formula is C21H32O4. The summed E-state index contributed by atoms with van der Waals surface area (Å²) in [6.45, 7) is 5.73. The van der Waals surface area contributed by atoms with Crippen molar-refractivity contribution in [2.45, 2.75) is 83.8 Å². The summed E-state index contributed by atoms with van der Waals surface area (Å²) in [7, 11) is 0. The summed E-state index contributed by atoms with van der Waals surface area (Å²) in [6, 6.07) is 0. The van der Waals surface area contributed by atoms with Gasteiger partial charge in [-0.2, -0.15) is 0 Å². The molecule has 4 aliphatic carbocycles. The van der Waals surface area contributed by atoms with Gasteiger partial charge in [-0.15, -0.1) is 0 Å². The Kier molecular flexibility index (Phi) is 3.81. The van der Waals surface area contributed by atoms with Crippen LogP contribution in [-0.2, 0) is 9.59 Å². The SMILES string of the molecule is CC(=O)[C@@]1(O)CCC2[C@@H]3CC[C@H]4C[C@H](O)CC[C@]4(C)[C@@H]3C(=O)C[C@@]21C. The van der Waals surface area contributed by atoms with Crippen LogP contribution in [0.15, 0.2) is 0 Å². The molecule has 4 heteroatoms. The van der Waals surface area contributed by atoms with E-state index in [0.29, 0.717) is 18.8 Å². The molecule has 8 atom stereocenters. The molecule has 25 heavy (non-hydrogen) atoms. The zero-order chi connectivity index (χ0) is 18.2. The maximum atomic E-state index is 13.3. The van der Waals surface area contributed by atoms with E-state index in [1.165, 1.54) is 6.92 Å².